The topological polar surface area (TPSA) is 21.3 Å². The van der Waals surface area contributed by atoms with Crippen molar-refractivity contribution in [3.05, 3.63) is 65.0 Å². The molecule has 2 atom stereocenters. The molecule has 3 heteroatoms. The Morgan fingerprint density at radius 3 is 2.10 bits per heavy atom. The van der Waals surface area contributed by atoms with E-state index < -0.39 is 0 Å². The van der Waals surface area contributed by atoms with Crippen LogP contribution in [-0.2, 0) is 0 Å². The first-order valence-corrected chi connectivity index (χ1v) is 7.17. The van der Waals surface area contributed by atoms with Crippen molar-refractivity contribution < 1.29 is 9.13 Å². The molecule has 0 aliphatic rings. The van der Waals surface area contributed by atoms with Crippen molar-refractivity contribution >= 4 is 0 Å². The Morgan fingerprint density at radius 2 is 1.52 bits per heavy atom. The number of hydrogen-bond donors (Lipinski definition) is 1. The number of hydrogen-bond acceptors (Lipinski definition) is 2. The molecule has 0 aliphatic heterocycles. The third-order valence-corrected chi connectivity index (χ3v) is 3.81. The van der Waals surface area contributed by atoms with Crippen LogP contribution in [0.4, 0.5) is 4.39 Å². The maximum Gasteiger partial charge on any atom is 0.126 e. The zero-order valence-corrected chi connectivity index (χ0v) is 13.0. The maximum absolute atomic E-state index is 13.6. The molecule has 0 amide bonds. The van der Waals surface area contributed by atoms with Gasteiger partial charge < -0.3 is 10.1 Å². The largest absolute Gasteiger partial charge is 0.497 e. The fourth-order valence-electron chi connectivity index (χ4n) is 2.34. The minimum Gasteiger partial charge on any atom is -0.497 e. The summed E-state index contributed by atoms with van der Waals surface area (Å²) in [4.78, 5) is 0. The van der Waals surface area contributed by atoms with Gasteiger partial charge in [0.1, 0.15) is 11.6 Å². The van der Waals surface area contributed by atoms with E-state index in [1.165, 1.54) is 5.56 Å². The lowest BCUT2D eigenvalue weighted by molar-refractivity contribution is 0.414. The van der Waals surface area contributed by atoms with Gasteiger partial charge in [0.15, 0.2) is 0 Å². The molecule has 21 heavy (non-hydrogen) atoms. The highest BCUT2D eigenvalue weighted by Crippen LogP contribution is 2.22. The van der Waals surface area contributed by atoms with Crippen LogP contribution in [0, 0.1) is 12.7 Å². The van der Waals surface area contributed by atoms with Gasteiger partial charge in [0.05, 0.1) is 7.11 Å². The third kappa shape index (κ3) is 3.82. The highest BCUT2D eigenvalue weighted by Gasteiger charge is 2.12. The highest BCUT2D eigenvalue weighted by atomic mass is 19.1. The monoisotopic (exact) mass is 287 g/mol. The molecule has 0 fully saturated rings. The standard InChI is InChI=1S/C18H22FNO/c1-12-5-6-16(11-18(12)19)14(3)20-13(2)15-7-9-17(21-4)10-8-15/h5-11,13-14,20H,1-4H3. The van der Waals surface area contributed by atoms with Gasteiger partial charge in [0.25, 0.3) is 0 Å². The van der Waals surface area contributed by atoms with Crippen LogP contribution in [0.2, 0.25) is 0 Å². The van der Waals surface area contributed by atoms with Crippen LogP contribution >= 0.6 is 0 Å². The van der Waals surface area contributed by atoms with E-state index in [2.05, 4.69) is 12.2 Å². The minimum atomic E-state index is -0.154. The predicted molar refractivity (Wildman–Crippen MR) is 84.1 cm³/mol. The molecule has 1 N–H and O–H groups in total. The normalized spacial score (nSPS) is 13.8. The summed E-state index contributed by atoms with van der Waals surface area (Å²) >= 11 is 0. The van der Waals surface area contributed by atoms with Crippen molar-refractivity contribution in [1.82, 2.24) is 5.32 Å². The number of ether oxygens (including phenoxy) is 1. The van der Waals surface area contributed by atoms with E-state index in [0.29, 0.717) is 5.56 Å². The van der Waals surface area contributed by atoms with Gasteiger partial charge in [0.2, 0.25) is 0 Å². The molecule has 2 aromatic carbocycles. The molecule has 0 saturated carbocycles. The van der Waals surface area contributed by atoms with Crippen molar-refractivity contribution in [1.29, 1.82) is 0 Å². The fraction of sp³-hybridized carbons (Fsp3) is 0.333. The predicted octanol–water partition coefficient (Wildman–Crippen LogP) is 4.55. The second-order valence-corrected chi connectivity index (χ2v) is 5.39. The summed E-state index contributed by atoms with van der Waals surface area (Å²) in [5.74, 6) is 0.692. The van der Waals surface area contributed by atoms with Gasteiger partial charge in [-0.3, -0.25) is 0 Å². The van der Waals surface area contributed by atoms with Crippen molar-refractivity contribution in [3.8, 4) is 5.75 Å². The summed E-state index contributed by atoms with van der Waals surface area (Å²) < 4.78 is 18.8. The lowest BCUT2D eigenvalue weighted by Gasteiger charge is -2.21. The summed E-state index contributed by atoms with van der Waals surface area (Å²) in [5, 5.41) is 3.49. The zero-order valence-electron chi connectivity index (χ0n) is 13.0. The van der Waals surface area contributed by atoms with Gasteiger partial charge in [-0.25, -0.2) is 4.39 Å². The van der Waals surface area contributed by atoms with Crippen LogP contribution in [0.5, 0.6) is 5.75 Å². The van der Waals surface area contributed by atoms with Crippen LogP contribution in [0.25, 0.3) is 0 Å². The SMILES string of the molecule is COc1ccc(C(C)NC(C)c2ccc(C)c(F)c2)cc1. The Bertz CT molecular complexity index is 595. The molecular formula is C18H22FNO. The summed E-state index contributed by atoms with van der Waals surface area (Å²) in [7, 11) is 1.66. The number of benzene rings is 2. The zero-order chi connectivity index (χ0) is 15.4. The minimum absolute atomic E-state index is 0.0807. The molecule has 0 bridgehead atoms. The van der Waals surface area contributed by atoms with E-state index in [4.69, 9.17) is 4.74 Å². The van der Waals surface area contributed by atoms with E-state index in [-0.39, 0.29) is 17.9 Å². The Kier molecular flexibility index (Phi) is 4.97. The first kappa shape index (κ1) is 15.5. The van der Waals surface area contributed by atoms with Crippen molar-refractivity contribution in [2.45, 2.75) is 32.9 Å². The molecule has 0 aromatic heterocycles. The lowest BCUT2D eigenvalue weighted by atomic mass is 10.0. The van der Waals surface area contributed by atoms with E-state index in [1.807, 2.05) is 43.3 Å². The van der Waals surface area contributed by atoms with Crippen LogP contribution < -0.4 is 10.1 Å². The molecule has 2 rings (SSSR count). The molecule has 0 heterocycles. The molecule has 0 aliphatic carbocycles. The van der Waals surface area contributed by atoms with Crippen molar-refractivity contribution in [2.24, 2.45) is 0 Å². The molecule has 2 nitrogen and oxygen atoms in total. The van der Waals surface area contributed by atoms with Gasteiger partial charge >= 0.3 is 0 Å². The van der Waals surface area contributed by atoms with Gasteiger partial charge in [-0.2, -0.15) is 0 Å². The Morgan fingerprint density at radius 1 is 0.952 bits per heavy atom. The second-order valence-electron chi connectivity index (χ2n) is 5.39. The van der Waals surface area contributed by atoms with Crippen molar-refractivity contribution in [2.75, 3.05) is 7.11 Å². The summed E-state index contributed by atoms with van der Waals surface area (Å²) in [6.45, 7) is 5.92. The summed E-state index contributed by atoms with van der Waals surface area (Å²) in [5.41, 5.74) is 2.81. The van der Waals surface area contributed by atoms with Crippen LogP contribution in [0.1, 0.15) is 42.6 Å². The second kappa shape index (κ2) is 6.72. The summed E-state index contributed by atoms with van der Waals surface area (Å²) in [6.07, 6.45) is 0. The Balaban J connectivity index is 2.06. The number of halogens is 1. The molecule has 0 spiro atoms. The quantitative estimate of drug-likeness (QED) is 0.870. The lowest BCUT2D eigenvalue weighted by Crippen LogP contribution is -2.22. The van der Waals surface area contributed by atoms with Crippen molar-refractivity contribution in [3.63, 3.8) is 0 Å². The Labute approximate surface area is 126 Å². The molecule has 2 unspecified atom stereocenters. The van der Waals surface area contributed by atoms with E-state index in [9.17, 15) is 4.39 Å². The first-order valence-electron chi connectivity index (χ1n) is 7.17. The van der Waals surface area contributed by atoms with Gasteiger partial charge in [-0.15, -0.1) is 0 Å². The average Bonchev–Trinajstić information content (AvgIpc) is 2.50. The maximum atomic E-state index is 13.6. The average molecular weight is 287 g/mol. The molecule has 2 aromatic rings. The van der Waals surface area contributed by atoms with E-state index in [1.54, 1.807) is 20.1 Å². The molecule has 112 valence electrons. The third-order valence-electron chi connectivity index (χ3n) is 3.81. The number of rotatable bonds is 5. The number of aryl methyl sites for hydroxylation is 1. The summed E-state index contributed by atoms with van der Waals surface area (Å²) in [6, 6.07) is 13.6. The van der Waals surface area contributed by atoms with Gasteiger partial charge in [-0.1, -0.05) is 24.3 Å². The van der Waals surface area contributed by atoms with Gasteiger partial charge in [0, 0.05) is 12.1 Å². The van der Waals surface area contributed by atoms with Crippen LogP contribution in [0.15, 0.2) is 42.5 Å². The van der Waals surface area contributed by atoms with Crippen LogP contribution in [0.3, 0.4) is 0 Å². The fourth-order valence-corrected chi connectivity index (χ4v) is 2.34. The number of nitrogens with one attached hydrogen (secondary N) is 1. The molecular weight excluding hydrogens is 265 g/mol. The molecule has 0 radical (unpaired) electrons. The Hall–Kier alpha value is -1.87. The van der Waals surface area contributed by atoms with E-state index >= 15 is 0 Å². The van der Waals surface area contributed by atoms with E-state index in [0.717, 1.165) is 11.3 Å². The van der Waals surface area contributed by atoms with Crippen LogP contribution in [-0.4, -0.2) is 7.11 Å². The number of methoxy groups -OCH3 is 1. The highest BCUT2D eigenvalue weighted by molar-refractivity contribution is 5.30. The van der Waals surface area contributed by atoms with Gasteiger partial charge in [-0.05, 0) is 55.7 Å². The smallest absolute Gasteiger partial charge is 0.126 e. The molecule has 0 saturated heterocycles. The first-order chi connectivity index (χ1) is 10.0.